The fourth-order valence-electron chi connectivity index (χ4n) is 11.2. The Labute approximate surface area is 603 Å². The van der Waals surface area contributed by atoms with Crippen LogP contribution >= 0.6 is 0 Å². The van der Waals surface area contributed by atoms with Crippen LogP contribution in [0.4, 0.5) is 11.4 Å². The van der Waals surface area contributed by atoms with E-state index >= 15 is 0 Å². The summed E-state index contributed by atoms with van der Waals surface area (Å²) in [5.74, 6) is -0.00189. The van der Waals surface area contributed by atoms with Crippen LogP contribution in [0.25, 0.3) is 43.8 Å². The zero-order chi connectivity index (χ0) is 76.2. The molecule has 0 aliphatic carbocycles. The number of Topliss-reactive ketones (excluding diaryl/α,β-unsaturated/α-hetero) is 4. The summed E-state index contributed by atoms with van der Waals surface area (Å²) in [5, 5.41) is 13.6. The molecule has 27 nitrogen and oxygen atoms in total. The molecule has 3 aliphatic rings. The van der Waals surface area contributed by atoms with Gasteiger partial charge in [0.05, 0.1) is 22.6 Å². The van der Waals surface area contributed by atoms with Gasteiger partial charge in [-0.3, -0.25) is 29.0 Å². The number of pyridine rings is 2. The summed E-state index contributed by atoms with van der Waals surface area (Å²) < 4.78 is 150. The first-order chi connectivity index (χ1) is 46.6. The maximum absolute atomic E-state index is 12.8. The van der Waals surface area contributed by atoms with Gasteiger partial charge >= 0.3 is 59.0 Å². The number of hydrogen-bond donors (Lipinski definition) is 1. The van der Waals surface area contributed by atoms with Crippen molar-refractivity contribution >= 4 is 136 Å². The second-order valence-electron chi connectivity index (χ2n) is 24.0. The number of unbranched alkanes of at least 4 members (excludes halogenated alkanes) is 2. The van der Waals surface area contributed by atoms with Crippen molar-refractivity contribution in [2.24, 2.45) is 4.99 Å². The minimum Gasteiger partial charge on any atom is -0.481 e. The number of aliphatic carboxylic acids is 1. The summed E-state index contributed by atoms with van der Waals surface area (Å²) in [6, 6.07) is 26.6. The number of fused-ring (bicyclic) bond motifs is 6. The minimum atomic E-state index is -3.11. The molecule has 0 amide bonds. The van der Waals surface area contributed by atoms with E-state index < -0.39 is 68.9 Å². The summed E-state index contributed by atoms with van der Waals surface area (Å²) in [6.07, 6.45) is 9.13. The Hall–Kier alpha value is -8.76. The lowest BCUT2D eigenvalue weighted by molar-refractivity contribution is -0.439. The summed E-state index contributed by atoms with van der Waals surface area (Å²) in [6.45, 7) is 24.1. The molecule has 3 aliphatic heterocycles. The van der Waals surface area contributed by atoms with Crippen LogP contribution in [0.15, 0.2) is 83.9 Å². The average Bonchev–Trinajstić information content (AvgIpc) is 1.56. The smallest absolute Gasteiger partial charge is 0.425 e. The third kappa shape index (κ3) is 29.3. The van der Waals surface area contributed by atoms with Gasteiger partial charge in [0.25, 0.3) is 0 Å². The number of carboxylic acids is 1. The second kappa shape index (κ2) is 43.9. The van der Waals surface area contributed by atoms with Crippen LogP contribution < -0.4 is 0 Å². The Morgan fingerprint density at radius 3 is 1.21 bits per heavy atom. The molecule has 0 bridgehead atoms. The lowest BCUT2D eigenvalue weighted by Crippen LogP contribution is -2.26. The lowest BCUT2D eigenvalue weighted by Gasteiger charge is -2.22. The summed E-state index contributed by atoms with van der Waals surface area (Å²) >= 11 is 0. The van der Waals surface area contributed by atoms with E-state index in [1.165, 1.54) is 38.9 Å². The van der Waals surface area contributed by atoms with Crippen LogP contribution in [0.5, 0.6) is 0 Å². The van der Waals surface area contributed by atoms with Gasteiger partial charge in [-0.15, -0.1) is 63.1 Å². The molecule has 1 saturated heterocycles. The van der Waals surface area contributed by atoms with E-state index in [0.29, 0.717) is 66.4 Å². The number of rotatable bonds is 20. The SMILES string of the molecule is C.C.CCCC(=O)c1cc(-c2ccc3c4c(cc(C)c3c2)[N+](CCCCCC(=O)O)=C(C)C4(C)C)cc(C(=O)CCC)n1.CCCC(=O)c1cc(-c2ccc3c4c(ccc3c2)N=C(C)C4(C)C)cc(C(=O)CCC)n1.O=S(=O)=O.O=S(=O)=O.O=S(=O)=O.O=S(=O)=O.O=S(=O)=O.O=S1(=O)CCCC1. The van der Waals surface area contributed by atoms with E-state index in [-0.39, 0.29) is 55.2 Å². The normalized spacial score (nSPS) is 13.2. The first-order valence-electron chi connectivity index (χ1n) is 31.4. The zero-order valence-electron chi connectivity index (χ0n) is 57.2. The number of aryl methyl sites for hydroxylation is 1. The first kappa shape index (κ1) is 93.2. The topological polar surface area (TPSA) is 437 Å². The molecule has 0 spiro atoms. The number of aliphatic imine (C=N–C) groups is 1. The predicted molar refractivity (Wildman–Crippen MR) is 386 cm³/mol. The number of carbonyl (C=O) groups is 5. The quantitative estimate of drug-likeness (QED) is 0.0421. The average molecular weight is 1530 g/mol. The van der Waals surface area contributed by atoms with E-state index in [9.17, 15) is 32.4 Å². The van der Waals surface area contributed by atoms with Crippen molar-refractivity contribution in [2.45, 2.75) is 192 Å². The molecule has 0 atom stereocenters. The summed E-state index contributed by atoms with van der Waals surface area (Å²) in [7, 11) is -18.1. The number of aromatic nitrogens is 2. The van der Waals surface area contributed by atoms with Crippen molar-refractivity contribution in [3.05, 3.63) is 118 Å². The monoisotopic (exact) mass is 1530 g/mol. The molecule has 1 N–H and O–H groups in total. The van der Waals surface area contributed by atoms with Crippen molar-refractivity contribution in [1.82, 2.24) is 9.97 Å². The molecule has 33 heteroatoms. The molecule has 0 unspecified atom stereocenters. The number of ketones is 4. The molecule has 6 aromatic rings. The molecular formula is C69H89N4O23S6+. The summed E-state index contributed by atoms with van der Waals surface area (Å²) in [4.78, 5) is 75.4. The first-order valence-corrected chi connectivity index (χ1v) is 38.2. The van der Waals surface area contributed by atoms with Gasteiger partial charge < -0.3 is 5.11 Å². The molecule has 4 aromatic carbocycles. The van der Waals surface area contributed by atoms with Gasteiger partial charge in [0.2, 0.25) is 5.69 Å². The van der Waals surface area contributed by atoms with Crippen LogP contribution in [-0.4, -0.2) is 150 Å². The van der Waals surface area contributed by atoms with E-state index in [1.807, 2.05) is 52.0 Å². The molecule has 0 saturated carbocycles. The Kier molecular flexibility index (Phi) is 40.1. The zero-order valence-corrected chi connectivity index (χ0v) is 62.1. The van der Waals surface area contributed by atoms with Crippen LogP contribution in [0.3, 0.4) is 0 Å². The van der Waals surface area contributed by atoms with Gasteiger partial charge in [-0.25, -0.2) is 18.4 Å². The number of benzene rings is 4. The van der Waals surface area contributed by atoms with Gasteiger partial charge in [0.1, 0.15) is 39.2 Å². The predicted octanol–water partition coefficient (Wildman–Crippen LogP) is 11.9. The van der Waals surface area contributed by atoms with Gasteiger partial charge in [0.15, 0.2) is 28.8 Å². The number of carboxylic acid groups (broad SMARTS) is 1. The van der Waals surface area contributed by atoms with Crippen molar-refractivity contribution in [1.29, 1.82) is 0 Å². The second-order valence-corrected chi connectivity index (χ2v) is 28.3. The Morgan fingerprint density at radius 1 is 0.461 bits per heavy atom. The highest BCUT2D eigenvalue weighted by atomic mass is 32.2. The van der Waals surface area contributed by atoms with Crippen LogP contribution in [0.1, 0.15) is 233 Å². The summed E-state index contributed by atoms with van der Waals surface area (Å²) in [5.41, 5.74) is 13.3. The maximum Gasteiger partial charge on any atom is 0.425 e. The molecule has 9 rings (SSSR count). The van der Waals surface area contributed by atoms with Crippen molar-refractivity contribution < 1.29 is 105 Å². The standard InChI is InChI=1S/C35H42N2O4.C28H30N2O2.C4H8O2S.2CH4.5O3S/c1-7-12-31(38)28-20-25(21-29(36-28)32(39)13-8-2)24-15-16-26-27(19-24)22(3)18-30-34(26)35(5,6)23(4)37(30)17-11-9-10-14-33(40)41;1-6-8-25(31)23-15-20(16-24(30-23)26(32)9-7-2)18-10-12-21-19(14-18)11-13-22-27(21)28(4,5)17(3)29-22;5-7(6)3-1-2-4-7;;;5*1-4(2)3/h15-16,18-21H,7-14,17H2,1-6H3;10-16H,6-9H2,1-5H3;1-4H2;2*1H4;;;;;/p+1. The van der Waals surface area contributed by atoms with Crippen molar-refractivity contribution in [2.75, 3.05) is 18.1 Å². The minimum absolute atomic E-state index is 0. The molecule has 0 radical (unpaired) electrons. The highest BCUT2D eigenvalue weighted by molar-refractivity contribution is 7.91. The molecule has 1 fully saturated rings. The van der Waals surface area contributed by atoms with Gasteiger partial charge in [-0.05, 0) is 176 Å². The third-order valence-corrected chi connectivity index (χ3v) is 18.0. The highest BCUT2D eigenvalue weighted by Gasteiger charge is 2.44. The largest absolute Gasteiger partial charge is 0.481 e. The van der Waals surface area contributed by atoms with Crippen LogP contribution in [0.2, 0.25) is 0 Å². The number of sulfone groups is 1. The fraction of sp³-hybridized carbons (Fsp3) is 0.464. The van der Waals surface area contributed by atoms with E-state index in [0.717, 1.165) is 102 Å². The van der Waals surface area contributed by atoms with Gasteiger partial charge in [-0.1, -0.05) is 86.7 Å². The molecule has 5 heterocycles. The van der Waals surface area contributed by atoms with Gasteiger partial charge in [0, 0.05) is 68.2 Å². The van der Waals surface area contributed by atoms with Crippen molar-refractivity contribution in [3.8, 4) is 22.3 Å². The van der Waals surface area contributed by atoms with E-state index in [2.05, 4.69) is 118 Å². The molecule has 558 valence electrons. The van der Waals surface area contributed by atoms with Crippen LogP contribution in [-0.2, 0) is 78.5 Å². The third-order valence-electron chi connectivity index (χ3n) is 16.2. The highest BCUT2D eigenvalue weighted by Crippen LogP contribution is 2.47. The molecule has 2 aromatic heterocycles. The van der Waals surface area contributed by atoms with Crippen LogP contribution in [0, 0.1) is 6.92 Å². The maximum atomic E-state index is 12.8. The number of carbonyl (C=O) groups excluding carboxylic acids is 4. The van der Waals surface area contributed by atoms with Crippen molar-refractivity contribution in [3.63, 3.8) is 0 Å². The van der Waals surface area contributed by atoms with E-state index in [4.69, 9.17) is 73.2 Å². The Bertz CT molecular complexity index is 4580. The van der Waals surface area contributed by atoms with E-state index in [1.54, 1.807) is 0 Å². The molecule has 102 heavy (non-hydrogen) atoms. The lowest BCUT2D eigenvalue weighted by atomic mass is 9.79. The Morgan fingerprint density at radius 2 is 0.843 bits per heavy atom. The molecular weight excluding hydrogens is 1450 g/mol. The fourth-order valence-corrected chi connectivity index (χ4v) is 12.7. The van der Waals surface area contributed by atoms with Gasteiger partial charge in [-0.2, -0.15) is 4.58 Å². The number of nitrogens with zero attached hydrogens (tertiary/aromatic N) is 4. The number of hydrogen-bond acceptors (Lipinski definition) is 25. The Balaban J connectivity index is 0.00000146.